The quantitative estimate of drug-likeness (QED) is 0.421. The molecule has 1 aliphatic rings. The van der Waals surface area contributed by atoms with E-state index in [1.165, 1.54) is 48.7 Å². The number of nitro groups is 1. The van der Waals surface area contributed by atoms with Gasteiger partial charge in [0.15, 0.2) is 22.3 Å². The van der Waals surface area contributed by atoms with Crippen LogP contribution < -0.4 is 14.8 Å². The molecule has 1 aromatic carbocycles. The van der Waals surface area contributed by atoms with Crippen LogP contribution in [0.15, 0.2) is 22.7 Å². The molecule has 33 heavy (non-hydrogen) atoms. The molecule has 12 nitrogen and oxygen atoms in total. The van der Waals surface area contributed by atoms with Crippen molar-refractivity contribution in [2.75, 3.05) is 26.1 Å². The largest absolute Gasteiger partial charge is 0.493 e. The number of rotatable bonds is 6. The van der Waals surface area contributed by atoms with Crippen LogP contribution in [-0.2, 0) is 13.0 Å². The lowest BCUT2D eigenvalue weighted by molar-refractivity contribution is -0.385. The van der Waals surface area contributed by atoms with Gasteiger partial charge < -0.3 is 18.9 Å². The van der Waals surface area contributed by atoms with Gasteiger partial charge in [-0.05, 0) is 6.92 Å². The Bertz CT molecular complexity index is 1250. The Morgan fingerprint density at radius 1 is 1.24 bits per heavy atom. The lowest BCUT2D eigenvalue weighted by Crippen LogP contribution is -2.35. The van der Waals surface area contributed by atoms with E-state index in [1.807, 2.05) is 0 Å². The summed E-state index contributed by atoms with van der Waals surface area (Å²) in [6, 6.07) is 4.00. The summed E-state index contributed by atoms with van der Waals surface area (Å²) < 4.78 is 15.2. The molecule has 172 valence electrons. The number of hydrogen-bond donors (Lipinski definition) is 1. The van der Waals surface area contributed by atoms with Gasteiger partial charge in [-0.3, -0.25) is 25.0 Å². The molecule has 13 heteroatoms. The SMILES string of the molecule is COc1cc(C(=O)N2CCc3nc(NC(=O)c4cc(C)on4)sc3C2)c([N+](=O)[O-])cc1OC. The van der Waals surface area contributed by atoms with E-state index in [9.17, 15) is 19.7 Å². The number of hydrogen-bond acceptors (Lipinski definition) is 10. The van der Waals surface area contributed by atoms with Crippen molar-refractivity contribution >= 4 is 34.0 Å². The molecule has 0 fully saturated rings. The van der Waals surface area contributed by atoms with Gasteiger partial charge >= 0.3 is 0 Å². The molecule has 0 radical (unpaired) electrons. The Hall–Kier alpha value is -4.00. The summed E-state index contributed by atoms with van der Waals surface area (Å²) in [6.07, 6.45) is 0.442. The number of aromatic nitrogens is 2. The van der Waals surface area contributed by atoms with Gasteiger partial charge in [-0.15, -0.1) is 0 Å². The number of ether oxygens (including phenoxy) is 2. The zero-order valence-corrected chi connectivity index (χ0v) is 18.7. The molecule has 0 saturated heterocycles. The first-order valence-electron chi connectivity index (χ1n) is 9.73. The van der Waals surface area contributed by atoms with E-state index in [-0.39, 0.29) is 35.0 Å². The molecule has 0 saturated carbocycles. The highest BCUT2D eigenvalue weighted by Crippen LogP contribution is 2.36. The monoisotopic (exact) mass is 473 g/mol. The lowest BCUT2D eigenvalue weighted by atomic mass is 10.1. The molecule has 1 aliphatic heterocycles. The van der Waals surface area contributed by atoms with E-state index in [0.717, 1.165) is 10.6 Å². The van der Waals surface area contributed by atoms with Gasteiger partial charge in [0.05, 0.1) is 37.4 Å². The maximum absolute atomic E-state index is 13.2. The molecule has 2 aromatic heterocycles. The molecule has 3 heterocycles. The van der Waals surface area contributed by atoms with Crippen LogP contribution in [0.5, 0.6) is 11.5 Å². The Morgan fingerprint density at radius 2 is 1.97 bits per heavy atom. The number of amides is 2. The van der Waals surface area contributed by atoms with Gasteiger partial charge in [0.2, 0.25) is 0 Å². The minimum absolute atomic E-state index is 0.0967. The molecule has 2 amide bonds. The van der Waals surface area contributed by atoms with E-state index in [1.54, 1.807) is 6.92 Å². The molecule has 4 rings (SSSR count). The van der Waals surface area contributed by atoms with Crippen LogP contribution in [0.25, 0.3) is 0 Å². The van der Waals surface area contributed by atoms with Crippen LogP contribution in [0.4, 0.5) is 10.8 Å². The molecule has 0 unspecified atom stereocenters. The third kappa shape index (κ3) is 4.35. The highest BCUT2D eigenvalue weighted by Gasteiger charge is 2.31. The van der Waals surface area contributed by atoms with Gasteiger partial charge in [0, 0.05) is 30.0 Å². The Morgan fingerprint density at radius 3 is 2.61 bits per heavy atom. The molecule has 3 aromatic rings. The Balaban J connectivity index is 1.55. The second-order valence-electron chi connectivity index (χ2n) is 7.12. The topological polar surface area (TPSA) is 150 Å². The van der Waals surface area contributed by atoms with Crippen molar-refractivity contribution < 1.29 is 28.5 Å². The predicted molar refractivity (Wildman–Crippen MR) is 116 cm³/mol. The molecule has 0 spiro atoms. The average molecular weight is 473 g/mol. The summed E-state index contributed by atoms with van der Waals surface area (Å²) >= 11 is 1.23. The number of thiazole rings is 1. The Kier molecular flexibility index (Phi) is 5.96. The average Bonchev–Trinajstić information content (AvgIpc) is 3.42. The number of nitrogens with zero attached hydrogens (tertiary/aromatic N) is 4. The maximum Gasteiger partial charge on any atom is 0.286 e. The number of nitrogens with one attached hydrogen (secondary N) is 1. The van der Waals surface area contributed by atoms with Crippen molar-refractivity contribution in [2.24, 2.45) is 0 Å². The van der Waals surface area contributed by atoms with Gasteiger partial charge in [-0.25, -0.2) is 4.98 Å². The van der Waals surface area contributed by atoms with Crippen LogP contribution in [0.1, 0.15) is 37.2 Å². The smallest absolute Gasteiger partial charge is 0.286 e. The summed E-state index contributed by atoms with van der Waals surface area (Å²) in [7, 11) is 2.75. The third-order valence-corrected chi connectivity index (χ3v) is 6.03. The minimum Gasteiger partial charge on any atom is -0.493 e. The first-order chi connectivity index (χ1) is 15.8. The number of benzene rings is 1. The van der Waals surface area contributed by atoms with Gasteiger partial charge in [0.1, 0.15) is 11.3 Å². The zero-order valence-electron chi connectivity index (χ0n) is 17.9. The summed E-state index contributed by atoms with van der Waals surface area (Å²) in [4.78, 5) is 43.2. The Labute approximate surface area is 191 Å². The number of fused-ring (bicyclic) bond motifs is 1. The number of aryl methyl sites for hydroxylation is 1. The van der Waals surface area contributed by atoms with Crippen LogP contribution >= 0.6 is 11.3 Å². The van der Waals surface area contributed by atoms with E-state index in [0.29, 0.717) is 23.9 Å². The first-order valence-corrected chi connectivity index (χ1v) is 10.5. The normalized spacial score (nSPS) is 12.8. The number of nitro benzene ring substituents is 1. The van der Waals surface area contributed by atoms with E-state index in [2.05, 4.69) is 15.5 Å². The van der Waals surface area contributed by atoms with Gasteiger partial charge in [0.25, 0.3) is 17.5 Å². The molecular formula is C20H19N5O7S. The zero-order chi connectivity index (χ0) is 23.7. The van der Waals surface area contributed by atoms with Gasteiger partial charge in [-0.1, -0.05) is 16.5 Å². The van der Waals surface area contributed by atoms with Crippen molar-refractivity contribution in [3.05, 3.63) is 55.9 Å². The van der Waals surface area contributed by atoms with E-state index >= 15 is 0 Å². The highest BCUT2D eigenvalue weighted by atomic mass is 32.1. The van der Waals surface area contributed by atoms with Crippen LogP contribution in [0.2, 0.25) is 0 Å². The molecular weight excluding hydrogens is 454 g/mol. The highest BCUT2D eigenvalue weighted by molar-refractivity contribution is 7.15. The predicted octanol–water partition coefficient (Wildman–Crippen LogP) is 2.82. The standard InChI is InChI=1S/C20H19N5O7S/c1-10-6-13(23-32-10)18(26)22-20-21-12-4-5-24(9-17(12)33-20)19(27)11-7-15(30-2)16(31-3)8-14(11)25(28)29/h6-8H,4-5,9H2,1-3H3,(H,21,22,26). The molecule has 1 N–H and O–H groups in total. The fraction of sp³-hybridized carbons (Fsp3) is 0.300. The number of methoxy groups -OCH3 is 2. The fourth-order valence-electron chi connectivity index (χ4n) is 3.42. The number of anilines is 1. The summed E-state index contributed by atoms with van der Waals surface area (Å²) in [5, 5.41) is 18.3. The summed E-state index contributed by atoms with van der Waals surface area (Å²) in [6.45, 7) is 2.20. The van der Waals surface area contributed by atoms with Crippen LogP contribution in [0, 0.1) is 17.0 Å². The number of carbonyl (C=O) groups is 2. The lowest BCUT2D eigenvalue weighted by Gasteiger charge is -2.26. The summed E-state index contributed by atoms with van der Waals surface area (Å²) in [5.74, 6) is -0.0731. The number of carbonyl (C=O) groups excluding carboxylic acids is 2. The van der Waals surface area contributed by atoms with Crippen molar-refractivity contribution in [1.82, 2.24) is 15.0 Å². The summed E-state index contributed by atoms with van der Waals surface area (Å²) in [5.41, 5.74) is 0.430. The second kappa shape index (κ2) is 8.86. The van der Waals surface area contributed by atoms with Gasteiger partial charge in [-0.2, -0.15) is 0 Å². The second-order valence-corrected chi connectivity index (χ2v) is 8.21. The van der Waals surface area contributed by atoms with Crippen molar-refractivity contribution in [2.45, 2.75) is 19.9 Å². The molecule has 0 atom stereocenters. The van der Waals surface area contributed by atoms with Crippen LogP contribution in [-0.4, -0.2) is 52.5 Å². The third-order valence-electron chi connectivity index (χ3n) is 5.03. The maximum atomic E-state index is 13.2. The molecule has 0 bridgehead atoms. The minimum atomic E-state index is -0.628. The van der Waals surface area contributed by atoms with Crippen molar-refractivity contribution in [3.8, 4) is 11.5 Å². The van der Waals surface area contributed by atoms with E-state index < -0.39 is 16.7 Å². The molecule has 0 aliphatic carbocycles. The fourth-order valence-corrected chi connectivity index (χ4v) is 4.44. The first kappa shape index (κ1) is 22.2. The van der Waals surface area contributed by atoms with Crippen LogP contribution in [0.3, 0.4) is 0 Å². The van der Waals surface area contributed by atoms with E-state index in [4.69, 9.17) is 14.0 Å². The van der Waals surface area contributed by atoms with Crippen molar-refractivity contribution in [1.29, 1.82) is 0 Å². The van der Waals surface area contributed by atoms with Crippen molar-refractivity contribution in [3.63, 3.8) is 0 Å².